The van der Waals surface area contributed by atoms with E-state index in [2.05, 4.69) is 0 Å². The molecule has 0 rings (SSSR count). The van der Waals surface area contributed by atoms with E-state index in [0.29, 0.717) is 0 Å². The van der Waals surface area contributed by atoms with Crippen LogP contribution in [0, 0.1) is 0 Å². The van der Waals surface area contributed by atoms with Crippen LogP contribution in [0.2, 0.25) is 0 Å². The Bertz CT molecular complexity index is 97.2. The molecule has 0 saturated heterocycles. The average Bonchev–Trinajstić information content (AvgIpc) is 0.722. The first-order chi connectivity index (χ1) is 2.00. The van der Waals surface area contributed by atoms with Crippen LogP contribution in [0.25, 0.3) is 0 Å². The van der Waals surface area contributed by atoms with Gasteiger partial charge >= 0.3 is 162 Å². The first-order valence-electron chi connectivity index (χ1n) is 0.667. The van der Waals surface area contributed by atoms with E-state index in [9.17, 15) is 0 Å². The van der Waals surface area contributed by atoms with Crippen LogP contribution in [0.1, 0.15) is 0 Å². The molecular weight excluding hydrogens is 244 g/mol. The molecule has 0 amide bonds. The van der Waals surface area contributed by atoms with Crippen molar-refractivity contribution in [2.24, 2.45) is 0 Å². The third-order valence-corrected chi connectivity index (χ3v) is 0. The van der Waals surface area contributed by atoms with Gasteiger partial charge in [-0.05, 0) is 0 Å². The van der Waals surface area contributed by atoms with Gasteiger partial charge in [-0.25, -0.2) is 0 Å². The summed E-state index contributed by atoms with van der Waals surface area (Å²) in [5, 5.41) is 0. The van der Waals surface area contributed by atoms with Crippen molar-refractivity contribution in [3.05, 3.63) is 0 Å². The topological polar surface area (TPSA) is 80.3 Å². The van der Waals surface area contributed by atoms with Crippen molar-refractivity contribution < 1.29 is 119 Å². The molecule has 0 N–H and O–H groups in total. The summed E-state index contributed by atoms with van der Waals surface area (Å²) in [4.78, 5) is 0. The van der Waals surface area contributed by atoms with Crippen LogP contribution in [0.3, 0.4) is 0 Å². The van der Waals surface area contributed by atoms with Crippen LogP contribution < -0.4 is 111 Å². The second kappa shape index (κ2) is 11.3. The molecule has 8 heteroatoms. The van der Waals surface area contributed by atoms with Gasteiger partial charge in [0, 0.05) is 0 Å². The fraction of sp³-hybridized carbons (Fsp3) is 0. The van der Waals surface area contributed by atoms with E-state index in [1.54, 1.807) is 0 Å². The Morgan fingerprint density at radius 2 is 1.00 bits per heavy atom. The zero-order valence-corrected chi connectivity index (χ0v) is 12.0. The number of hydrogen-bond donors (Lipinski definition) is 0. The predicted molar refractivity (Wildman–Crippen MR) is 14.3 cm³/mol. The molecule has 0 fully saturated rings. The van der Waals surface area contributed by atoms with Crippen molar-refractivity contribution in [1.82, 2.24) is 0 Å². The van der Waals surface area contributed by atoms with Crippen LogP contribution in [-0.2, 0) is 7.67 Å². The van der Waals surface area contributed by atoms with Crippen LogP contribution in [0.4, 0.5) is 0 Å². The Balaban J connectivity index is -0.0000000267. The minimum atomic E-state index is -5.75. The molecule has 4 nitrogen and oxygen atoms in total. The molecule has 0 aliphatic heterocycles. The third-order valence-electron chi connectivity index (χ3n) is 0. The van der Waals surface area contributed by atoms with E-state index >= 15 is 0 Å². The molecule has 8 heavy (non-hydrogen) atoms. The summed E-state index contributed by atoms with van der Waals surface area (Å²) in [6.45, 7) is 0. The number of hydrogen-bond acceptors (Lipinski definition) is 4. The summed E-state index contributed by atoms with van der Waals surface area (Å²) in [5.41, 5.74) is 0. The van der Waals surface area contributed by atoms with Gasteiger partial charge in [0.25, 0.3) is 0 Å². The van der Waals surface area contributed by atoms with E-state index < -0.39 is 13.4 Å². The van der Waals surface area contributed by atoms with Crippen molar-refractivity contribution in [3.63, 3.8) is 0 Å². The van der Waals surface area contributed by atoms with Gasteiger partial charge in [0.2, 0.25) is 0 Å². The molecular formula is HK2NaO4Se. The van der Waals surface area contributed by atoms with Crippen molar-refractivity contribution in [1.29, 1.82) is 0 Å². The van der Waals surface area contributed by atoms with Crippen molar-refractivity contribution >= 4 is 42.9 Å². The Morgan fingerprint density at radius 3 is 1.00 bits per heavy atom. The first-order valence-corrected chi connectivity index (χ1v) is 3.46. The molecule has 0 heterocycles. The molecule has 0 aromatic carbocycles. The molecule has 0 bridgehead atoms. The summed E-state index contributed by atoms with van der Waals surface area (Å²) >= 11 is -5.75. The molecule has 0 aromatic rings. The summed E-state index contributed by atoms with van der Waals surface area (Å²) in [6, 6.07) is 0. The van der Waals surface area contributed by atoms with Crippen LogP contribution >= 0.6 is 0 Å². The van der Waals surface area contributed by atoms with Gasteiger partial charge in [0.1, 0.15) is 0 Å². The predicted octanol–water partition coefficient (Wildman–Crippen LogP) is -9.64. The first kappa shape index (κ1) is 22.8. The molecule has 0 aromatic heterocycles. The molecule has 0 aliphatic carbocycles. The van der Waals surface area contributed by atoms with Crippen LogP contribution in [0.15, 0.2) is 0 Å². The van der Waals surface area contributed by atoms with E-state index in [4.69, 9.17) is 16.0 Å². The second-order valence-electron chi connectivity index (χ2n) is 0.408. The molecule has 34 valence electrons. The molecule has 0 saturated carbocycles. The second-order valence-corrected chi connectivity index (χ2v) is 2.12. The Labute approximate surface area is 157 Å². The van der Waals surface area contributed by atoms with Gasteiger partial charge in [-0.1, -0.05) is 0 Å². The Morgan fingerprint density at radius 1 is 1.00 bits per heavy atom. The Hall–Kier alpha value is 4.31. The SMILES string of the molecule is O=[Se](=O)([O-])[O-].[K+].[K+].[NaH]. The summed E-state index contributed by atoms with van der Waals surface area (Å²) in [7, 11) is 0. The van der Waals surface area contributed by atoms with Gasteiger partial charge in [-0.15, -0.1) is 0 Å². The van der Waals surface area contributed by atoms with E-state index in [1.165, 1.54) is 0 Å². The van der Waals surface area contributed by atoms with Crippen LogP contribution in [-0.4, -0.2) is 42.9 Å². The maximum absolute atomic E-state index is 8.59. The summed E-state index contributed by atoms with van der Waals surface area (Å²) < 4.78 is 34.4. The van der Waals surface area contributed by atoms with Gasteiger partial charge in [-0.2, -0.15) is 0 Å². The van der Waals surface area contributed by atoms with Crippen molar-refractivity contribution in [2.75, 3.05) is 0 Å². The monoisotopic (exact) mass is 246 g/mol. The molecule has 0 aliphatic rings. The molecule has 0 spiro atoms. The maximum atomic E-state index is 8.59. The van der Waals surface area contributed by atoms with Crippen molar-refractivity contribution in [3.8, 4) is 0 Å². The van der Waals surface area contributed by atoms with Gasteiger partial charge in [-0.3, -0.25) is 0 Å². The standard InChI is InChI=1S/2K.Na.H2O4Se.H/c;;;1-5(2,3)4;/h;;;(H2,1,2,3,4);/q2*+1;;;/p-2. The van der Waals surface area contributed by atoms with E-state index in [-0.39, 0.29) is 132 Å². The molecule has 0 radical (unpaired) electrons. The zero-order valence-electron chi connectivity index (χ0n) is 4.04. The van der Waals surface area contributed by atoms with Gasteiger partial charge in [0.15, 0.2) is 0 Å². The molecule has 0 atom stereocenters. The summed E-state index contributed by atoms with van der Waals surface area (Å²) in [6.07, 6.45) is 0. The van der Waals surface area contributed by atoms with Crippen LogP contribution in [0.5, 0.6) is 0 Å². The average molecular weight is 245 g/mol. The van der Waals surface area contributed by atoms with Gasteiger partial charge < -0.3 is 0 Å². The Kier molecular flexibility index (Phi) is 32.2. The number of rotatable bonds is 0. The van der Waals surface area contributed by atoms with E-state index in [0.717, 1.165) is 0 Å². The fourth-order valence-corrected chi connectivity index (χ4v) is 0. The minimum absolute atomic E-state index is 0. The third kappa shape index (κ3) is 48.1. The fourth-order valence-electron chi connectivity index (χ4n) is 0. The summed E-state index contributed by atoms with van der Waals surface area (Å²) in [5.74, 6) is 0. The normalized spacial score (nSPS) is 7.25. The van der Waals surface area contributed by atoms with E-state index in [1.807, 2.05) is 0 Å². The quantitative estimate of drug-likeness (QED) is 0.397. The van der Waals surface area contributed by atoms with Crippen molar-refractivity contribution in [2.45, 2.75) is 0 Å². The van der Waals surface area contributed by atoms with Gasteiger partial charge in [0.05, 0.1) is 0 Å². The molecule has 0 unspecified atom stereocenters. The zero-order chi connectivity index (χ0) is 4.50.